The van der Waals surface area contributed by atoms with E-state index in [1.54, 1.807) is 0 Å². The fraction of sp³-hybridized carbons (Fsp3) is 0.750. The van der Waals surface area contributed by atoms with Gasteiger partial charge >= 0.3 is 0 Å². The molecular weight excluding hydrogens is 202 g/mol. The van der Waals surface area contributed by atoms with Crippen molar-refractivity contribution < 1.29 is 5.11 Å². The largest absolute Gasteiger partial charge is 0.394 e. The molecule has 1 saturated carbocycles. The highest BCUT2D eigenvalue weighted by atomic mass is 16.3. The van der Waals surface area contributed by atoms with Crippen molar-refractivity contribution in [2.24, 2.45) is 7.05 Å². The van der Waals surface area contributed by atoms with Crippen LogP contribution >= 0.6 is 0 Å². The Labute approximate surface area is 96.7 Å². The molecule has 0 saturated heterocycles. The molecule has 1 heterocycles. The summed E-state index contributed by atoms with van der Waals surface area (Å²) in [5.41, 5.74) is 1.11. The van der Waals surface area contributed by atoms with Gasteiger partial charge in [-0.2, -0.15) is 5.10 Å². The molecule has 0 radical (unpaired) electrons. The van der Waals surface area contributed by atoms with Gasteiger partial charge in [-0.3, -0.25) is 4.68 Å². The maximum absolute atomic E-state index is 9.55. The Balaban J connectivity index is 1.94. The molecular formula is C12H21N3O. The van der Waals surface area contributed by atoms with E-state index in [-0.39, 0.29) is 12.1 Å². The summed E-state index contributed by atoms with van der Waals surface area (Å²) >= 11 is 0. The minimum absolute atomic E-state index is 0.0531. The second-order valence-electron chi connectivity index (χ2n) is 4.80. The molecule has 2 rings (SSSR count). The van der Waals surface area contributed by atoms with E-state index in [1.165, 1.54) is 25.0 Å². The predicted molar refractivity (Wildman–Crippen MR) is 62.9 cm³/mol. The van der Waals surface area contributed by atoms with Crippen molar-refractivity contribution in [2.75, 3.05) is 6.61 Å². The molecule has 16 heavy (non-hydrogen) atoms. The molecule has 1 aliphatic rings. The van der Waals surface area contributed by atoms with Crippen LogP contribution in [0.25, 0.3) is 0 Å². The van der Waals surface area contributed by atoms with Gasteiger partial charge in [-0.15, -0.1) is 0 Å². The van der Waals surface area contributed by atoms with E-state index < -0.39 is 0 Å². The molecule has 1 aromatic rings. The van der Waals surface area contributed by atoms with Gasteiger partial charge < -0.3 is 10.4 Å². The SMILES string of the molecule is Cn1nccc1CNC1(CO)CCCCC1. The average molecular weight is 223 g/mol. The predicted octanol–water partition coefficient (Wildman–Crippen LogP) is 1.20. The summed E-state index contributed by atoms with van der Waals surface area (Å²) in [6.45, 7) is 1.03. The van der Waals surface area contributed by atoms with Crippen LogP contribution in [0.1, 0.15) is 37.8 Å². The average Bonchev–Trinajstić information content (AvgIpc) is 2.74. The molecule has 90 valence electrons. The van der Waals surface area contributed by atoms with E-state index in [0.717, 1.165) is 19.4 Å². The van der Waals surface area contributed by atoms with E-state index in [2.05, 4.69) is 10.4 Å². The topological polar surface area (TPSA) is 50.1 Å². The second kappa shape index (κ2) is 4.97. The Hall–Kier alpha value is -0.870. The number of aromatic nitrogens is 2. The highest BCUT2D eigenvalue weighted by molar-refractivity contribution is 5.01. The van der Waals surface area contributed by atoms with Crippen LogP contribution in [-0.2, 0) is 13.6 Å². The molecule has 1 fully saturated rings. The monoisotopic (exact) mass is 223 g/mol. The zero-order chi connectivity index (χ0) is 11.4. The number of hydrogen-bond donors (Lipinski definition) is 2. The van der Waals surface area contributed by atoms with Gasteiger partial charge in [-0.25, -0.2) is 0 Å². The van der Waals surface area contributed by atoms with E-state index in [4.69, 9.17) is 0 Å². The lowest BCUT2D eigenvalue weighted by Crippen LogP contribution is -2.49. The molecule has 1 aliphatic carbocycles. The number of aliphatic hydroxyl groups is 1. The number of nitrogens with zero attached hydrogens (tertiary/aromatic N) is 2. The van der Waals surface area contributed by atoms with E-state index in [0.29, 0.717) is 0 Å². The standard InChI is InChI=1S/C12H21N3O/c1-15-11(5-8-14-15)9-13-12(10-16)6-3-2-4-7-12/h5,8,13,16H,2-4,6-7,9-10H2,1H3. The van der Waals surface area contributed by atoms with Gasteiger partial charge in [0.1, 0.15) is 0 Å². The third-order valence-electron chi connectivity index (χ3n) is 3.68. The molecule has 0 aromatic carbocycles. The lowest BCUT2D eigenvalue weighted by Gasteiger charge is -2.36. The highest BCUT2D eigenvalue weighted by Crippen LogP contribution is 2.27. The van der Waals surface area contributed by atoms with Crippen molar-refractivity contribution in [3.05, 3.63) is 18.0 Å². The first kappa shape index (κ1) is 11.6. The molecule has 0 spiro atoms. The number of rotatable bonds is 4. The second-order valence-corrected chi connectivity index (χ2v) is 4.80. The Kier molecular flexibility index (Phi) is 3.61. The number of aliphatic hydroxyl groups excluding tert-OH is 1. The first-order valence-electron chi connectivity index (χ1n) is 6.09. The molecule has 4 heteroatoms. The molecule has 2 N–H and O–H groups in total. The number of aryl methyl sites for hydroxylation is 1. The first-order valence-corrected chi connectivity index (χ1v) is 6.09. The molecule has 0 bridgehead atoms. The zero-order valence-corrected chi connectivity index (χ0v) is 9.95. The molecule has 1 aromatic heterocycles. The van der Waals surface area contributed by atoms with Crippen molar-refractivity contribution in [2.45, 2.75) is 44.2 Å². The fourth-order valence-electron chi connectivity index (χ4n) is 2.47. The van der Waals surface area contributed by atoms with E-state index >= 15 is 0 Å². The number of hydrogen-bond acceptors (Lipinski definition) is 3. The van der Waals surface area contributed by atoms with Crippen LogP contribution in [0.3, 0.4) is 0 Å². The smallest absolute Gasteiger partial charge is 0.0613 e. The third kappa shape index (κ3) is 2.44. The Morgan fingerprint density at radius 2 is 2.19 bits per heavy atom. The zero-order valence-electron chi connectivity index (χ0n) is 9.95. The summed E-state index contributed by atoms with van der Waals surface area (Å²) in [7, 11) is 1.95. The third-order valence-corrected chi connectivity index (χ3v) is 3.68. The van der Waals surface area contributed by atoms with Gasteiger partial charge in [0.05, 0.1) is 12.3 Å². The first-order chi connectivity index (χ1) is 7.76. The molecule has 0 atom stereocenters. The summed E-state index contributed by atoms with van der Waals surface area (Å²) in [5.74, 6) is 0. The highest BCUT2D eigenvalue weighted by Gasteiger charge is 2.30. The lowest BCUT2D eigenvalue weighted by atomic mass is 9.82. The van der Waals surface area contributed by atoms with Crippen LogP contribution in [0.2, 0.25) is 0 Å². The normalized spacial score (nSPS) is 19.9. The van der Waals surface area contributed by atoms with Gasteiger partial charge in [0.15, 0.2) is 0 Å². The van der Waals surface area contributed by atoms with Gasteiger partial charge in [0.25, 0.3) is 0 Å². The van der Waals surface area contributed by atoms with Crippen molar-refractivity contribution in [3.8, 4) is 0 Å². The van der Waals surface area contributed by atoms with Gasteiger partial charge in [-0.1, -0.05) is 19.3 Å². The van der Waals surface area contributed by atoms with Gasteiger partial charge in [-0.05, 0) is 18.9 Å². The van der Waals surface area contributed by atoms with Crippen molar-refractivity contribution in [3.63, 3.8) is 0 Å². The van der Waals surface area contributed by atoms with Crippen LogP contribution in [0.4, 0.5) is 0 Å². The summed E-state index contributed by atoms with van der Waals surface area (Å²) in [6, 6.07) is 2.01. The van der Waals surface area contributed by atoms with Crippen molar-refractivity contribution >= 4 is 0 Å². The van der Waals surface area contributed by atoms with Crippen LogP contribution in [0.15, 0.2) is 12.3 Å². The minimum Gasteiger partial charge on any atom is -0.394 e. The van der Waals surface area contributed by atoms with Crippen LogP contribution in [0, 0.1) is 0 Å². The Bertz CT molecular complexity index is 329. The molecule has 0 aliphatic heterocycles. The van der Waals surface area contributed by atoms with Crippen LogP contribution in [-0.4, -0.2) is 27.0 Å². The maximum atomic E-state index is 9.55. The van der Waals surface area contributed by atoms with Crippen molar-refractivity contribution in [1.82, 2.24) is 15.1 Å². The fourth-order valence-corrected chi connectivity index (χ4v) is 2.47. The van der Waals surface area contributed by atoms with E-state index in [9.17, 15) is 5.11 Å². The van der Waals surface area contributed by atoms with Crippen LogP contribution in [0.5, 0.6) is 0 Å². The molecule has 0 unspecified atom stereocenters. The minimum atomic E-state index is -0.0531. The summed E-state index contributed by atoms with van der Waals surface area (Å²) in [6.07, 6.45) is 7.72. The Morgan fingerprint density at radius 1 is 1.44 bits per heavy atom. The molecule has 0 amide bonds. The van der Waals surface area contributed by atoms with E-state index in [1.807, 2.05) is 24.0 Å². The number of nitrogens with one attached hydrogen (secondary N) is 1. The summed E-state index contributed by atoms with van der Waals surface area (Å²) < 4.78 is 1.88. The van der Waals surface area contributed by atoms with Crippen molar-refractivity contribution in [1.29, 1.82) is 0 Å². The summed E-state index contributed by atoms with van der Waals surface area (Å²) in [4.78, 5) is 0. The molecule has 4 nitrogen and oxygen atoms in total. The van der Waals surface area contributed by atoms with Crippen LogP contribution < -0.4 is 5.32 Å². The van der Waals surface area contributed by atoms with Gasteiger partial charge in [0, 0.05) is 25.3 Å². The summed E-state index contributed by atoms with van der Waals surface area (Å²) in [5, 5.41) is 17.2. The maximum Gasteiger partial charge on any atom is 0.0613 e. The lowest BCUT2D eigenvalue weighted by molar-refractivity contribution is 0.119. The van der Waals surface area contributed by atoms with Gasteiger partial charge in [0.2, 0.25) is 0 Å². The Morgan fingerprint density at radius 3 is 2.75 bits per heavy atom. The quantitative estimate of drug-likeness (QED) is 0.806.